The third kappa shape index (κ3) is 2.54. The molecule has 66 valence electrons. The molecule has 1 aromatic carbocycles. The van der Waals surface area contributed by atoms with Crippen LogP contribution in [0.3, 0.4) is 0 Å². The third-order valence-electron chi connectivity index (χ3n) is 1.61. The van der Waals surface area contributed by atoms with Crippen LogP contribution in [0.15, 0.2) is 23.1 Å². The van der Waals surface area contributed by atoms with Crippen molar-refractivity contribution in [2.45, 2.75) is 18.7 Å². The van der Waals surface area contributed by atoms with Crippen molar-refractivity contribution in [1.29, 1.82) is 0 Å². The van der Waals surface area contributed by atoms with E-state index in [1.807, 2.05) is 0 Å². The molecular weight excluding hydrogens is 166 g/mol. The number of aryl methyl sites for hydroxylation is 2. The Bertz CT molecular complexity index is 269. The minimum atomic E-state index is 1.33. The fraction of sp³-hybridized carbons (Fsp3) is 0.400. The van der Waals surface area contributed by atoms with Crippen LogP contribution in [0.2, 0.25) is 0 Å². The average Bonchev–Trinajstić information content (AvgIpc) is 1.94. The van der Waals surface area contributed by atoms with Crippen LogP contribution in [0.1, 0.15) is 11.1 Å². The molecule has 0 unspecified atom stereocenters. The van der Waals surface area contributed by atoms with Crippen molar-refractivity contribution in [3.8, 4) is 0 Å². The first-order valence-corrected chi connectivity index (χ1v) is 4.79. The highest BCUT2D eigenvalue weighted by molar-refractivity contribution is 7.97. The number of nitrogens with zero attached hydrogens (tertiary/aromatic N) is 1. The van der Waals surface area contributed by atoms with Gasteiger partial charge in [-0.15, -0.1) is 0 Å². The lowest BCUT2D eigenvalue weighted by molar-refractivity contribution is 0.702. The molecule has 0 radical (unpaired) electrons. The number of rotatable bonds is 2. The van der Waals surface area contributed by atoms with E-state index in [9.17, 15) is 0 Å². The molecule has 0 atom stereocenters. The third-order valence-corrected chi connectivity index (χ3v) is 2.63. The first-order valence-electron chi connectivity index (χ1n) is 4.02. The van der Waals surface area contributed by atoms with Gasteiger partial charge in [0.25, 0.3) is 0 Å². The van der Waals surface area contributed by atoms with Crippen LogP contribution < -0.4 is 0 Å². The van der Waals surface area contributed by atoms with Crippen LogP contribution in [-0.4, -0.2) is 18.4 Å². The van der Waals surface area contributed by atoms with Crippen LogP contribution in [-0.2, 0) is 0 Å². The van der Waals surface area contributed by atoms with E-state index in [4.69, 9.17) is 0 Å². The molecule has 0 spiro atoms. The minimum Gasteiger partial charge on any atom is -0.253 e. The van der Waals surface area contributed by atoms with Crippen LogP contribution in [0, 0.1) is 13.8 Å². The summed E-state index contributed by atoms with van der Waals surface area (Å²) in [6.45, 7) is 4.27. The summed E-state index contributed by atoms with van der Waals surface area (Å²) in [7, 11) is 4.12. The predicted octanol–water partition coefficient (Wildman–Crippen LogP) is 2.87. The van der Waals surface area contributed by atoms with Gasteiger partial charge in [0.1, 0.15) is 0 Å². The Morgan fingerprint density at radius 3 is 2.33 bits per heavy atom. The van der Waals surface area contributed by atoms with E-state index in [0.29, 0.717) is 0 Å². The van der Waals surface area contributed by atoms with E-state index in [1.165, 1.54) is 16.0 Å². The van der Waals surface area contributed by atoms with Gasteiger partial charge in [-0.05, 0) is 51.5 Å². The number of hydrogen-bond donors (Lipinski definition) is 0. The highest BCUT2D eigenvalue weighted by Gasteiger charge is 1.99. The van der Waals surface area contributed by atoms with Crippen molar-refractivity contribution in [3.63, 3.8) is 0 Å². The summed E-state index contributed by atoms with van der Waals surface area (Å²) in [5.74, 6) is 0. The summed E-state index contributed by atoms with van der Waals surface area (Å²) < 4.78 is 2.11. The molecule has 1 aromatic rings. The van der Waals surface area contributed by atoms with Crippen LogP contribution in [0.5, 0.6) is 0 Å². The van der Waals surface area contributed by atoms with Crippen molar-refractivity contribution < 1.29 is 0 Å². The standard InChI is InChI=1S/C10H15NS/c1-8-5-6-10(9(2)7-8)12-11(3)4/h5-7H,1-4H3. The zero-order valence-electron chi connectivity index (χ0n) is 8.09. The molecule has 0 heterocycles. The molecule has 1 rings (SSSR count). The summed E-state index contributed by atoms with van der Waals surface area (Å²) in [6, 6.07) is 6.54. The first kappa shape index (κ1) is 9.62. The average molecular weight is 181 g/mol. The molecule has 0 aromatic heterocycles. The Kier molecular flexibility index (Phi) is 3.18. The maximum Gasteiger partial charge on any atom is 0.0259 e. The van der Waals surface area contributed by atoms with Crippen molar-refractivity contribution in [2.24, 2.45) is 0 Å². The second-order valence-electron chi connectivity index (χ2n) is 3.17. The minimum absolute atomic E-state index is 1.33. The van der Waals surface area contributed by atoms with Gasteiger partial charge in [0.2, 0.25) is 0 Å². The molecule has 0 N–H and O–H groups in total. The highest BCUT2D eigenvalue weighted by atomic mass is 32.2. The van der Waals surface area contributed by atoms with Gasteiger partial charge in [-0.3, -0.25) is 4.31 Å². The summed E-state index contributed by atoms with van der Waals surface area (Å²) >= 11 is 1.77. The highest BCUT2D eigenvalue weighted by Crippen LogP contribution is 2.23. The molecular formula is C10H15NS. The van der Waals surface area contributed by atoms with E-state index < -0.39 is 0 Å². The fourth-order valence-corrected chi connectivity index (χ4v) is 1.82. The predicted molar refractivity (Wildman–Crippen MR) is 55.5 cm³/mol. The van der Waals surface area contributed by atoms with Gasteiger partial charge in [-0.25, -0.2) is 0 Å². The quantitative estimate of drug-likeness (QED) is 0.645. The molecule has 0 saturated heterocycles. The van der Waals surface area contributed by atoms with Gasteiger partial charge in [0, 0.05) is 4.90 Å². The normalized spacial score (nSPS) is 10.8. The molecule has 0 aliphatic heterocycles. The second kappa shape index (κ2) is 3.97. The Morgan fingerprint density at radius 2 is 1.83 bits per heavy atom. The Hall–Kier alpha value is -0.470. The lowest BCUT2D eigenvalue weighted by Gasteiger charge is -2.10. The largest absolute Gasteiger partial charge is 0.253 e. The van der Waals surface area contributed by atoms with Gasteiger partial charge in [0.05, 0.1) is 0 Å². The number of benzene rings is 1. The van der Waals surface area contributed by atoms with E-state index in [0.717, 1.165) is 0 Å². The maximum atomic E-state index is 2.21. The van der Waals surface area contributed by atoms with Crippen molar-refractivity contribution in [1.82, 2.24) is 4.31 Å². The van der Waals surface area contributed by atoms with E-state index in [-0.39, 0.29) is 0 Å². The molecule has 0 amide bonds. The summed E-state index contributed by atoms with van der Waals surface area (Å²) in [4.78, 5) is 1.34. The van der Waals surface area contributed by atoms with Gasteiger partial charge in [-0.2, -0.15) is 0 Å². The Balaban J connectivity index is 2.86. The van der Waals surface area contributed by atoms with Gasteiger partial charge in [-0.1, -0.05) is 17.7 Å². The molecule has 0 aliphatic rings. The molecule has 12 heavy (non-hydrogen) atoms. The van der Waals surface area contributed by atoms with Gasteiger partial charge < -0.3 is 0 Å². The first-order chi connectivity index (χ1) is 5.59. The number of hydrogen-bond acceptors (Lipinski definition) is 2. The second-order valence-corrected chi connectivity index (χ2v) is 4.53. The molecule has 1 nitrogen and oxygen atoms in total. The molecule has 0 aliphatic carbocycles. The molecule has 2 heteroatoms. The van der Waals surface area contributed by atoms with Crippen LogP contribution in [0.25, 0.3) is 0 Å². The van der Waals surface area contributed by atoms with Gasteiger partial charge in [0.15, 0.2) is 0 Å². The van der Waals surface area contributed by atoms with Gasteiger partial charge >= 0.3 is 0 Å². The summed E-state index contributed by atoms with van der Waals surface area (Å²) in [5, 5.41) is 0. The summed E-state index contributed by atoms with van der Waals surface area (Å²) in [5.41, 5.74) is 2.68. The molecule has 0 fully saturated rings. The van der Waals surface area contributed by atoms with Crippen LogP contribution >= 0.6 is 11.9 Å². The Morgan fingerprint density at radius 1 is 1.17 bits per heavy atom. The Labute approximate surface area is 78.9 Å². The SMILES string of the molecule is Cc1ccc(SN(C)C)c(C)c1. The lowest BCUT2D eigenvalue weighted by atomic mass is 10.2. The molecule has 0 saturated carbocycles. The fourth-order valence-electron chi connectivity index (χ4n) is 1.10. The smallest absolute Gasteiger partial charge is 0.0259 e. The lowest BCUT2D eigenvalue weighted by Crippen LogP contribution is -1.99. The van der Waals surface area contributed by atoms with Crippen molar-refractivity contribution in [3.05, 3.63) is 29.3 Å². The van der Waals surface area contributed by atoms with Crippen LogP contribution in [0.4, 0.5) is 0 Å². The van der Waals surface area contributed by atoms with E-state index in [2.05, 4.69) is 50.4 Å². The van der Waals surface area contributed by atoms with E-state index >= 15 is 0 Å². The zero-order chi connectivity index (χ0) is 9.14. The zero-order valence-corrected chi connectivity index (χ0v) is 8.90. The van der Waals surface area contributed by atoms with Crippen molar-refractivity contribution in [2.75, 3.05) is 14.1 Å². The topological polar surface area (TPSA) is 3.24 Å². The molecule has 0 bridgehead atoms. The van der Waals surface area contributed by atoms with Crippen molar-refractivity contribution >= 4 is 11.9 Å². The maximum absolute atomic E-state index is 2.21. The summed E-state index contributed by atoms with van der Waals surface area (Å²) in [6.07, 6.45) is 0. The monoisotopic (exact) mass is 181 g/mol. The van der Waals surface area contributed by atoms with E-state index in [1.54, 1.807) is 11.9 Å².